The van der Waals surface area contributed by atoms with E-state index in [0.717, 1.165) is 12.8 Å². The predicted octanol–water partition coefficient (Wildman–Crippen LogP) is 2.72. The number of benzene rings is 2. The van der Waals surface area contributed by atoms with E-state index < -0.39 is 10.0 Å². The summed E-state index contributed by atoms with van der Waals surface area (Å²) in [6.45, 7) is 2.71. The highest BCUT2D eigenvalue weighted by Gasteiger charge is 2.17. The summed E-state index contributed by atoms with van der Waals surface area (Å²) >= 11 is 0. The highest BCUT2D eigenvalue weighted by molar-refractivity contribution is 7.92. The SMILES string of the molecule is CCCCN(CCO)C(=O)c1cccc(NS(=O)(=O)c2ccccc2)c1. The van der Waals surface area contributed by atoms with Gasteiger partial charge in [0.05, 0.1) is 11.5 Å². The first-order valence-electron chi connectivity index (χ1n) is 8.56. The van der Waals surface area contributed by atoms with Gasteiger partial charge in [-0.05, 0) is 36.8 Å². The molecule has 1 amide bonds. The standard InChI is InChI=1S/C19H24N2O4S/c1-2-3-12-21(13-14-22)19(23)16-8-7-9-17(15-16)20-26(24,25)18-10-5-4-6-11-18/h4-11,15,20,22H,2-3,12-14H2,1H3. The zero-order valence-electron chi connectivity index (χ0n) is 14.8. The van der Waals surface area contributed by atoms with Crippen molar-refractivity contribution in [1.29, 1.82) is 0 Å². The van der Waals surface area contributed by atoms with Gasteiger partial charge >= 0.3 is 0 Å². The molecule has 0 radical (unpaired) electrons. The fourth-order valence-electron chi connectivity index (χ4n) is 2.50. The summed E-state index contributed by atoms with van der Waals surface area (Å²) in [7, 11) is -3.72. The molecule has 0 aliphatic carbocycles. The maximum atomic E-state index is 12.7. The van der Waals surface area contributed by atoms with E-state index in [1.807, 2.05) is 6.92 Å². The zero-order valence-corrected chi connectivity index (χ0v) is 15.6. The Bertz CT molecular complexity index is 822. The lowest BCUT2D eigenvalue weighted by Gasteiger charge is -2.22. The van der Waals surface area contributed by atoms with E-state index in [1.54, 1.807) is 41.3 Å². The van der Waals surface area contributed by atoms with Crippen LogP contribution in [0.3, 0.4) is 0 Å². The van der Waals surface area contributed by atoms with Crippen molar-refractivity contribution in [2.75, 3.05) is 24.4 Å². The Hall–Kier alpha value is -2.38. The van der Waals surface area contributed by atoms with Crippen LogP contribution in [-0.4, -0.2) is 44.0 Å². The van der Waals surface area contributed by atoms with E-state index >= 15 is 0 Å². The number of hydrogen-bond donors (Lipinski definition) is 2. The molecule has 0 unspecified atom stereocenters. The van der Waals surface area contributed by atoms with Gasteiger partial charge in [-0.15, -0.1) is 0 Å². The van der Waals surface area contributed by atoms with E-state index in [9.17, 15) is 18.3 Å². The summed E-state index contributed by atoms with van der Waals surface area (Å²) in [4.78, 5) is 14.4. The third-order valence-corrected chi connectivity index (χ3v) is 5.25. The molecule has 6 nitrogen and oxygen atoms in total. The Morgan fingerprint density at radius 2 is 1.81 bits per heavy atom. The van der Waals surface area contributed by atoms with E-state index in [-0.39, 0.29) is 24.0 Å². The predicted molar refractivity (Wildman–Crippen MR) is 102 cm³/mol. The Labute approximate surface area is 154 Å². The van der Waals surface area contributed by atoms with Crippen LogP contribution in [0.5, 0.6) is 0 Å². The third kappa shape index (κ3) is 5.31. The number of aliphatic hydroxyl groups excluding tert-OH is 1. The maximum Gasteiger partial charge on any atom is 0.261 e. The fourth-order valence-corrected chi connectivity index (χ4v) is 3.57. The van der Waals surface area contributed by atoms with Crippen molar-refractivity contribution < 1.29 is 18.3 Å². The number of aliphatic hydroxyl groups is 1. The first kappa shape index (κ1) is 19.9. The van der Waals surface area contributed by atoms with Crippen molar-refractivity contribution >= 4 is 21.6 Å². The van der Waals surface area contributed by atoms with Crippen LogP contribution in [0.1, 0.15) is 30.1 Å². The summed E-state index contributed by atoms with van der Waals surface area (Å²) < 4.78 is 27.3. The molecule has 0 aliphatic rings. The van der Waals surface area contributed by atoms with Crippen molar-refractivity contribution in [2.45, 2.75) is 24.7 Å². The van der Waals surface area contributed by atoms with E-state index in [0.29, 0.717) is 17.8 Å². The highest BCUT2D eigenvalue weighted by Crippen LogP contribution is 2.18. The summed E-state index contributed by atoms with van der Waals surface area (Å²) in [6.07, 6.45) is 1.78. The van der Waals surface area contributed by atoms with Gasteiger partial charge in [0.1, 0.15) is 0 Å². The molecule has 0 atom stereocenters. The lowest BCUT2D eigenvalue weighted by Crippen LogP contribution is -2.34. The Balaban J connectivity index is 2.20. The molecule has 0 heterocycles. The van der Waals surface area contributed by atoms with Gasteiger partial charge in [-0.25, -0.2) is 8.42 Å². The van der Waals surface area contributed by atoms with Crippen LogP contribution < -0.4 is 4.72 Å². The number of amides is 1. The molecule has 0 bridgehead atoms. The second kappa shape index (κ2) is 9.35. The molecule has 0 aliphatic heterocycles. The molecule has 0 saturated heterocycles. The molecule has 140 valence electrons. The van der Waals surface area contributed by atoms with Crippen molar-refractivity contribution in [3.8, 4) is 0 Å². The molecule has 26 heavy (non-hydrogen) atoms. The second-order valence-corrected chi connectivity index (χ2v) is 7.55. The number of sulfonamides is 1. The molecule has 2 N–H and O–H groups in total. The van der Waals surface area contributed by atoms with Crippen LogP contribution in [0, 0.1) is 0 Å². The first-order valence-corrected chi connectivity index (χ1v) is 10.0. The number of carbonyl (C=O) groups is 1. The lowest BCUT2D eigenvalue weighted by atomic mass is 10.1. The van der Waals surface area contributed by atoms with Crippen LogP contribution >= 0.6 is 0 Å². The van der Waals surface area contributed by atoms with Gasteiger partial charge in [0.25, 0.3) is 15.9 Å². The molecular weight excluding hydrogens is 352 g/mol. The zero-order chi connectivity index (χ0) is 19.0. The summed E-state index contributed by atoms with van der Waals surface area (Å²) in [5, 5.41) is 9.18. The lowest BCUT2D eigenvalue weighted by molar-refractivity contribution is 0.0719. The van der Waals surface area contributed by atoms with Gasteiger partial charge in [-0.3, -0.25) is 9.52 Å². The largest absolute Gasteiger partial charge is 0.395 e. The van der Waals surface area contributed by atoms with E-state index in [2.05, 4.69) is 4.72 Å². The van der Waals surface area contributed by atoms with Gasteiger partial charge in [0.2, 0.25) is 0 Å². The average molecular weight is 376 g/mol. The third-order valence-electron chi connectivity index (χ3n) is 3.85. The Kier molecular flexibility index (Phi) is 7.17. The van der Waals surface area contributed by atoms with Gasteiger partial charge in [-0.1, -0.05) is 37.6 Å². The molecular formula is C19H24N2O4S. The molecule has 0 saturated carbocycles. The highest BCUT2D eigenvalue weighted by atomic mass is 32.2. The molecule has 0 fully saturated rings. The van der Waals surface area contributed by atoms with Crippen molar-refractivity contribution in [3.05, 3.63) is 60.2 Å². The van der Waals surface area contributed by atoms with E-state index in [1.165, 1.54) is 18.2 Å². The monoisotopic (exact) mass is 376 g/mol. The molecule has 0 spiro atoms. The normalized spacial score (nSPS) is 11.2. The fraction of sp³-hybridized carbons (Fsp3) is 0.316. The quantitative estimate of drug-likeness (QED) is 0.704. The van der Waals surface area contributed by atoms with Crippen LogP contribution in [0.15, 0.2) is 59.5 Å². The molecule has 2 rings (SSSR count). The minimum Gasteiger partial charge on any atom is -0.395 e. The number of nitrogens with zero attached hydrogens (tertiary/aromatic N) is 1. The number of carbonyl (C=O) groups excluding carboxylic acids is 1. The average Bonchev–Trinajstić information content (AvgIpc) is 2.65. The number of hydrogen-bond acceptors (Lipinski definition) is 4. The summed E-state index contributed by atoms with van der Waals surface area (Å²) in [6, 6.07) is 14.4. The number of nitrogens with one attached hydrogen (secondary N) is 1. The topological polar surface area (TPSA) is 86.7 Å². The van der Waals surface area contributed by atoms with Crippen molar-refractivity contribution in [2.24, 2.45) is 0 Å². The molecule has 7 heteroatoms. The summed E-state index contributed by atoms with van der Waals surface area (Å²) in [5.41, 5.74) is 0.696. The van der Waals surface area contributed by atoms with Gasteiger partial charge in [-0.2, -0.15) is 0 Å². The summed E-state index contributed by atoms with van der Waals surface area (Å²) in [5.74, 6) is -0.228. The smallest absolute Gasteiger partial charge is 0.261 e. The minimum atomic E-state index is -3.72. The van der Waals surface area contributed by atoms with Gasteiger partial charge in [0, 0.05) is 24.3 Å². The molecule has 2 aromatic carbocycles. The number of anilines is 1. The number of unbranched alkanes of at least 4 members (excludes halogenated alkanes) is 1. The van der Waals surface area contributed by atoms with Crippen LogP contribution in [-0.2, 0) is 10.0 Å². The molecule has 0 aromatic heterocycles. The molecule has 2 aromatic rings. The Morgan fingerprint density at radius 1 is 1.08 bits per heavy atom. The van der Waals surface area contributed by atoms with Crippen molar-refractivity contribution in [1.82, 2.24) is 4.90 Å². The second-order valence-electron chi connectivity index (χ2n) is 5.87. The Morgan fingerprint density at radius 3 is 2.46 bits per heavy atom. The van der Waals surface area contributed by atoms with Gasteiger partial charge in [0.15, 0.2) is 0 Å². The van der Waals surface area contributed by atoms with Crippen LogP contribution in [0.2, 0.25) is 0 Å². The maximum absolute atomic E-state index is 12.7. The van der Waals surface area contributed by atoms with Crippen LogP contribution in [0.4, 0.5) is 5.69 Å². The van der Waals surface area contributed by atoms with Crippen molar-refractivity contribution in [3.63, 3.8) is 0 Å². The minimum absolute atomic E-state index is 0.115. The van der Waals surface area contributed by atoms with Gasteiger partial charge < -0.3 is 10.0 Å². The number of rotatable bonds is 9. The van der Waals surface area contributed by atoms with E-state index in [4.69, 9.17) is 0 Å². The first-order chi connectivity index (χ1) is 12.5. The van der Waals surface area contributed by atoms with Crippen LogP contribution in [0.25, 0.3) is 0 Å².